The molecule has 120 valence electrons. The molecule has 0 saturated heterocycles. The zero-order valence-electron chi connectivity index (χ0n) is 13.0. The largest absolute Gasteiger partial charge is 0.370 e. The fraction of sp³-hybridized carbons (Fsp3) is 0.294. The van der Waals surface area contributed by atoms with Crippen LogP contribution >= 0.6 is 38.6 Å². The van der Waals surface area contributed by atoms with Gasteiger partial charge in [-0.1, -0.05) is 13.0 Å². The van der Waals surface area contributed by atoms with E-state index in [-0.39, 0.29) is 0 Å². The Morgan fingerprint density at radius 1 is 1.09 bits per heavy atom. The fourth-order valence-electron chi connectivity index (χ4n) is 2.14. The van der Waals surface area contributed by atoms with Crippen LogP contribution in [0.4, 0.5) is 0 Å². The highest BCUT2D eigenvalue weighted by molar-refractivity contribution is 9.11. The second kappa shape index (κ2) is 7.66. The molecular formula is C17H17BrN2OS2. The Hall–Kier alpha value is -1.08. The van der Waals surface area contributed by atoms with Gasteiger partial charge in [0, 0.05) is 10.6 Å². The lowest BCUT2D eigenvalue weighted by Crippen LogP contribution is -1.91. The van der Waals surface area contributed by atoms with Gasteiger partial charge in [0.25, 0.3) is 0 Å². The smallest absolute Gasteiger partial charge is 0.142 e. The quantitative estimate of drug-likeness (QED) is 0.530. The van der Waals surface area contributed by atoms with Crippen molar-refractivity contribution in [2.75, 3.05) is 0 Å². The van der Waals surface area contributed by atoms with Crippen LogP contribution in [-0.4, -0.2) is 9.97 Å². The van der Waals surface area contributed by atoms with Gasteiger partial charge in [-0.2, -0.15) is 0 Å². The minimum Gasteiger partial charge on any atom is -0.370 e. The summed E-state index contributed by atoms with van der Waals surface area (Å²) in [6.45, 7) is 5.37. The molecule has 0 radical (unpaired) electrons. The second-order valence-corrected chi connectivity index (χ2v) is 8.73. The Labute approximate surface area is 152 Å². The number of halogens is 1. The van der Waals surface area contributed by atoms with E-state index in [0.29, 0.717) is 13.2 Å². The van der Waals surface area contributed by atoms with E-state index < -0.39 is 0 Å². The van der Waals surface area contributed by atoms with E-state index in [1.165, 1.54) is 9.75 Å². The van der Waals surface area contributed by atoms with Crippen LogP contribution in [0.1, 0.15) is 28.1 Å². The standard InChI is InChI=1S/C17H17BrN2OS2/c1-3-12-5-4-6-14(20-12)17-19-11(2)15(23-17)10-21-9-13-7-8-16(18)22-13/h4-8H,3,9-10H2,1-2H3. The van der Waals surface area contributed by atoms with E-state index in [1.807, 2.05) is 31.2 Å². The summed E-state index contributed by atoms with van der Waals surface area (Å²) in [5.41, 5.74) is 3.07. The molecule has 0 amide bonds. The average Bonchev–Trinajstić information content (AvgIpc) is 3.14. The fourth-order valence-corrected chi connectivity index (χ4v) is 4.53. The minimum absolute atomic E-state index is 0.590. The monoisotopic (exact) mass is 408 g/mol. The van der Waals surface area contributed by atoms with Gasteiger partial charge in [-0.05, 0) is 53.5 Å². The van der Waals surface area contributed by atoms with Crippen molar-refractivity contribution in [3.05, 3.63) is 55.3 Å². The molecule has 3 aromatic heterocycles. The molecule has 0 N–H and O–H groups in total. The zero-order valence-corrected chi connectivity index (χ0v) is 16.2. The van der Waals surface area contributed by atoms with Crippen molar-refractivity contribution in [1.82, 2.24) is 9.97 Å². The van der Waals surface area contributed by atoms with E-state index in [0.717, 1.165) is 32.3 Å². The Kier molecular flexibility index (Phi) is 5.58. The molecule has 3 nitrogen and oxygen atoms in total. The topological polar surface area (TPSA) is 35.0 Å². The molecule has 0 saturated carbocycles. The summed E-state index contributed by atoms with van der Waals surface area (Å²) in [4.78, 5) is 11.7. The summed E-state index contributed by atoms with van der Waals surface area (Å²) in [5.74, 6) is 0. The van der Waals surface area contributed by atoms with Crippen molar-refractivity contribution in [2.24, 2.45) is 0 Å². The molecule has 3 aromatic rings. The highest BCUT2D eigenvalue weighted by Gasteiger charge is 2.11. The van der Waals surface area contributed by atoms with Gasteiger partial charge >= 0.3 is 0 Å². The molecule has 0 spiro atoms. The Balaban J connectivity index is 1.68. The van der Waals surface area contributed by atoms with Crippen LogP contribution in [0.15, 0.2) is 34.1 Å². The van der Waals surface area contributed by atoms with Gasteiger partial charge < -0.3 is 4.74 Å². The second-order valence-electron chi connectivity index (χ2n) is 5.09. The third-order valence-corrected chi connectivity index (χ3v) is 6.14. The summed E-state index contributed by atoms with van der Waals surface area (Å²) in [7, 11) is 0. The van der Waals surface area contributed by atoms with E-state index >= 15 is 0 Å². The summed E-state index contributed by atoms with van der Waals surface area (Å²) in [5, 5.41) is 0.968. The maximum absolute atomic E-state index is 5.83. The number of aromatic nitrogens is 2. The number of ether oxygens (including phenoxy) is 1. The van der Waals surface area contributed by atoms with Crippen LogP contribution in [-0.2, 0) is 24.4 Å². The van der Waals surface area contributed by atoms with Crippen molar-refractivity contribution in [2.45, 2.75) is 33.5 Å². The van der Waals surface area contributed by atoms with Crippen molar-refractivity contribution >= 4 is 38.6 Å². The Morgan fingerprint density at radius 3 is 2.70 bits per heavy atom. The molecule has 0 bridgehead atoms. The average molecular weight is 409 g/mol. The molecule has 23 heavy (non-hydrogen) atoms. The first kappa shape index (κ1) is 16.8. The van der Waals surface area contributed by atoms with E-state index in [1.54, 1.807) is 22.7 Å². The maximum Gasteiger partial charge on any atom is 0.142 e. The lowest BCUT2D eigenvalue weighted by Gasteiger charge is -2.00. The predicted molar refractivity (Wildman–Crippen MR) is 100.0 cm³/mol. The normalized spacial score (nSPS) is 11.1. The number of hydrogen-bond donors (Lipinski definition) is 0. The molecule has 3 heterocycles. The number of thiophene rings is 1. The van der Waals surface area contributed by atoms with Crippen LogP contribution in [0, 0.1) is 6.92 Å². The molecule has 0 aromatic carbocycles. The number of pyridine rings is 1. The molecule has 3 rings (SSSR count). The summed E-state index contributed by atoms with van der Waals surface area (Å²) >= 11 is 6.84. The number of nitrogens with zero attached hydrogens (tertiary/aromatic N) is 2. The number of hydrogen-bond acceptors (Lipinski definition) is 5. The first-order valence-electron chi connectivity index (χ1n) is 7.40. The van der Waals surface area contributed by atoms with E-state index in [2.05, 4.69) is 38.9 Å². The summed E-state index contributed by atoms with van der Waals surface area (Å²) < 4.78 is 6.97. The molecule has 0 unspecified atom stereocenters. The zero-order chi connectivity index (χ0) is 16.2. The van der Waals surface area contributed by atoms with Crippen molar-refractivity contribution in [3.63, 3.8) is 0 Å². The molecule has 0 aliphatic heterocycles. The number of thiazole rings is 1. The van der Waals surface area contributed by atoms with Gasteiger partial charge in [-0.25, -0.2) is 4.98 Å². The Morgan fingerprint density at radius 2 is 1.96 bits per heavy atom. The summed E-state index contributed by atoms with van der Waals surface area (Å²) in [6.07, 6.45) is 0.935. The van der Waals surface area contributed by atoms with Crippen LogP contribution in [0.5, 0.6) is 0 Å². The first-order valence-corrected chi connectivity index (χ1v) is 9.83. The van der Waals surface area contributed by atoms with Gasteiger partial charge in [-0.15, -0.1) is 22.7 Å². The lowest BCUT2D eigenvalue weighted by atomic mass is 10.2. The van der Waals surface area contributed by atoms with Crippen LogP contribution in [0.3, 0.4) is 0 Å². The van der Waals surface area contributed by atoms with Crippen LogP contribution in [0.25, 0.3) is 10.7 Å². The molecule has 0 aliphatic rings. The SMILES string of the molecule is CCc1cccc(-c2nc(C)c(COCc3ccc(Br)s3)s2)n1. The third kappa shape index (κ3) is 4.26. The molecule has 0 aliphatic carbocycles. The Bertz CT molecular complexity index is 797. The maximum atomic E-state index is 5.83. The lowest BCUT2D eigenvalue weighted by molar-refractivity contribution is 0.111. The van der Waals surface area contributed by atoms with Crippen molar-refractivity contribution in [1.29, 1.82) is 0 Å². The van der Waals surface area contributed by atoms with Crippen molar-refractivity contribution < 1.29 is 4.74 Å². The van der Waals surface area contributed by atoms with E-state index in [9.17, 15) is 0 Å². The predicted octanol–water partition coefficient (Wildman–Crippen LogP) is 5.62. The van der Waals surface area contributed by atoms with Gasteiger partial charge in [-0.3, -0.25) is 4.98 Å². The molecular weight excluding hydrogens is 392 g/mol. The van der Waals surface area contributed by atoms with E-state index in [4.69, 9.17) is 4.74 Å². The highest BCUT2D eigenvalue weighted by Crippen LogP contribution is 2.28. The number of rotatable bonds is 6. The van der Waals surface area contributed by atoms with Gasteiger partial charge in [0.15, 0.2) is 0 Å². The molecule has 0 fully saturated rings. The minimum atomic E-state index is 0.590. The van der Waals surface area contributed by atoms with Crippen molar-refractivity contribution in [3.8, 4) is 10.7 Å². The molecule has 0 atom stereocenters. The van der Waals surface area contributed by atoms with Gasteiger partial charge in [0.1, 0.15) is 5.01 Å². The summed E-state index contributed by atoms with van der Waals surface area (Å²) in [6, 6.07) is 10.2. The van der Waals surface area contributed by atoms with Gasteiger partial charge in [0.2, 0.25) is 0 Å². The highest BCUT2D eigenvalue weighted by atomic mass is 79.9. The van der Waals surface area contributed by atoms with Gasteiger partial charge in [0.05, 0.1) is 33.3 Å². The third-order valence-electron chi connectivity index (χ3n) is 3.39. The van der Waals surface area contributed by atoms with Crippen LogP contribution < -0.4 is 0 Å². The number of aryl methyl sites for hydroxylation is 2. The first-order chi connectivity index (χ1) is 11.2. The molecule has 6 heteroatoms. The van der Waals surface area contributed by atoms with Crippen LogP contribution in [0.2, 0.25) is 0 Å².